The van der Waals surface area contributed by atoms with Gasteiger partial charge in [-0.15, -0.1) is 0 Å². The summed E-state index contributed by atoms with van der Waals surface area (Å²) in [4.78, 5) is 25.1. The molecule has 2 atom stereocenters. The third-order valence-corrected chi connectivity index (χ3v) is 10.3. The number of unbranched alkanes of at least 4 members (excludes halogenated alkanes) is 28. The molecule has 0 saturated carbocycles. The summed E-state index contributed by atoms with van der Waals surface area (Å²) in [5.74, 6) is -0.0896. The zero-order chi connectivity index (χ0) is 35.2. The van der Waals surface area contributed by atoms with Crippen molar-refractivity contribution < 1.29 is 19.1 Å². The Kier molecular flexibility index (Phi) is 37.9. The van der Waals surface area contributed by atoms with Gasteiger partial charge in [-0.3, -0.25) is 9.59 Å². The third kappa shape index (κ3) is 33.4. The molecule has 0 radical (unpaired) electrons. The van der Waals surface area contributed by atoms with Crippen molar-refractivity contribution in [2.45, 2.75) is 259 Å². The van der Waals surface area contributed by atoms with E-state index in [1.165, 1.54) is 167 Å². The van der Waals surface area contributed by atoms with E-state index < -0.39 is 0 Å². The molecule has 4 heteroatoms. The van der Waals surface area contributed by atoms with E-state index in [0.29, 0.717) is 19.4 Å². The first-order chi connectivity index (χ1) is 23.6. The number of hydrogen-bond acceptors (Lipinski definition) is 4. The highest BCUT2D eigenvalue weighted by molar-refractivity contribution is 5.70. The monoisotopic (exact) mass is 679 g/mol. The largest absolute Gasteiger partial charge is 0.465 e. The maximum atomic E-state index is 12.7. The maximum Gasteiger partial charge on any atom is 0.306 e. The van der Waals surface area contributed by atoms with E-state index >= 15 is 0 Å². The van der Waals surface area contributed by atoms with Crippen molar-refractivity contribution in [2.75, 3.05) is 6.61 Å². The predicted octanol–water partition coefficient (Wildman–Crippen LogP) is 14.8. The molecule has 0 aromatic heterocycles. The molecule has 0 bridgehead atoms. The Morgan fingerprint density at radius 3 is 1.02 bits per heavy atom. The van der Waals surface area contributed by atoms with Crippen LogP contribution in [-0.4, -0.2) is 24.6 Å². The van der Waals surface area contributed by atoms with Gasteiger partial charge in [0.15, 0.2) is 0 Å². The molecule has 0 spiro atoms. The summed E-state index contributed by atoms with van der Waals surface area (Å²) in [6.45, 7) is 9.17. The molecule has 0 heterocycles. The maximum absolute atomic E-state index is 12.7. The average molecular weight is 679 g/mol. The normalized spacial score (nSPS) is 12.7. The Labute approximate surface area is 301 Å². The second kappa shape index (κ2) is 38.7. The number of ether oxygens (including phenoxy) is 2. The lowest BCUT2D eigenvalue weighted by atomic mass is 9.96. The van der Waals surface area contributed by atoms with Gasteiger partial charge in [-0.25, -0.2) is 0 Å². The van der Waals surface area contributed by atoms with Gasteiger partial charge < -0.3 is 9.47 Å². The van der Waals surface area contributed by atoms with Gasteiger partial charge in [-0.1, -0.05) is 214 Å². The van der Waals surface area contributed by atoms with E-state index in [-0.39, 0.29) is 24.0 Å². The second-order valence-electron chi connectivity index (χ2n) is 15.1. The minimum absolute atomic E-state index is 0.0780. The van der Waals surface area contributed by atoms with Gasteiger partial charge in [0, 0.05) is 18.8 Å². The van der Waals surface area contributed by atoms with Gasteiger partial charge >= 0.3 is 11.9 Å². The van der Waals surface area contributed by atoms with Crippen LogP contribution in [0.25, 0.3) is 0 Å². The van der Waals surface area contributed by atoms with Crippen molar-refractivity contribution in [2.24, 2.45) is 5.92 Å². The molecule has 0 rings (SSSR count). The second-order valence-corrected chi connectivity index (χ2v) is 15.1. The fourth-order valence-corrected chi connectivity index (χ4v) is 6.94. The number of rotatable bonds is 39. The summed E-state index contributed by atoms with van der Waals surface area (Å²) in [7, 11) is 0. The summed E-state index contributed by atoms with van der Waals surface area (Å²) in [6, 6.07) is 0. The van der Waals surface area contributed by atoms with Crippen LogP contribution in [0.15, 0.2) is 0 Å². The lowest BCUT2D eigenvalue weighted by Gasteiger charge is -2.26. The van der Waals surface area contributed by atoms with E-state index in [1.54, 1.807) is 0 Å². The van der Waals surface area contributed by atoms with Crippen LogP contribution < -0.4 is 0 Å². The molecule has 2 unspecified atom stereocenters. The van der Waals surface area contributed by atoms with Crippen molar-refractivity contribution >= 4 is 11.9 Å². The molecule has 0 aliphatic heterocycles. The Hall–Kier alpha value is -1.06. The Bertz CT molecular complexity index is 662. The first kappa shape index (κ1) is 46.9. The van der Waals surface area contributed by atoms with Gasteiger partial charge in [-0.05, 0) is 25.7 Å². The van der Waals surface area contributed by atoms with Crippen LogP contribution in [0.4, 0.5) is 0 Å². The SMILES string of the molecule is CCCCCCCCCCCCCCCCCC(=O)OCC(CC)C(CCC)OC(=O)CCCCCCCCCCCCCCCCC. The van der Waals surface area contributed by atoms with Gasteiger partial charge in [0.1, 0.15) is 6.10 Å². The number of carbonyl (C=O) groups is 2. The summed E-state index contributed by atoms with van der Waals surface area (Å²) >= 11 is 0. The van der Waals surface area contributed by atoms with Crippen LogP contribution in [0.5, 0.6) is 0 Å². The fourth-order valence-electron chi connectivity index (χ4n) is 6.94. The molecule has 0 fully saturated rings. The smallest absolute Gasteiger partial charge is 0.306 e. The van der Waals surface area contributed by atoms with Crippen LogP contribution in [0.2, 0.25) is 0 Å². The van der Waals surface area contributed by atoms with Crippen LogP contribution in [0.3, 0.4) is 0 Å². The number of hydrogen-bond donors (Lipinski definition) is 0. The van der Waals surface area contributed by atoms with Crippen molar-refractivity contribution in [3.8, 4) is 0 Å². The molecular weight excluding hydrogens is 592 g/mol. The van der Waals surface area contributed by atoms with E-state index in [1.807, 2.05) is 0 Å². The predicted molar refractivity (Wildman–Crippen MR) is 209 cm³/mol. The Balaban J connectivity index is 3.82. The standard InChI is InChI=1S/C44H86O4/c1-5-9-11-13-15-17-19-21-23-25-27-29-31-33-35-38-43(45)47-40-41(8-4)42(37-7-3)48-44(46)39-36-34-32-30-28-26-24-22-20-18-16-14-12-10-6-2/h41-42H,5-40H2,1-4H3. The molecule has 0 N–H and O–H groups in total. The van der Waals surface area contributed by atoms with E-state index in [4.69, 9.17) is 9.47 Å². The van der Waals surface area contributed by atoms with Gasteiger partial charge in [0.2, 0.25) is 0 Å². The quantitative estimate of drug-likeness (QED) is 0.0479. The first-order valence-electron chi connectivity index (χ1n) is 21.9. The van der Waals surface area contributed by atoms with Crippen molar-refractivity contribution in [3.63, 3.8) is 0 Å². The molecule has 0 aliphatic rings. The average Bonchev–Trinajstić information content (AvgIpc) is 3.08. The lowest BCUT2D eigenvalue weighted by Crippen LogP contribution is -2.30. The zero-order valence-electron chi connectivity index (χ0n) is 33.2. The molecule has 286 valence electrons. The van der Waals surface area contributed by atoms with Crippen LogP contribution in [0.1, 0.15) is 252 Å². The van der Waals surface area contributed by atoms with Crippen molar-refractivity contribution in [1.82, 2.24) is 0 Å². The summed E-state index contributed by atoms with van der Waals surface area (Å²) in [5, 5.41) is 0. The highest BCUT2D eigenvalue weighted by atomic mass is 16.6. The Morgan fingerprint density at radius 2 is 0.708 bits per heavy atom. The minimum atomic E-state index is -0.151. The van der Waals surface area contributed by atoms with Gasteiger partial charge in [0.25, 0.3) is 0 Å². The molecule has 48 heavy (non-hydrogen) atoms. The van der Waals surface area contributed by atoms with Crippen LogP contribution in [-0.2, 0) is 19.1 Å². The molecular formula is C44H86O4. The van der Waals surface area contributed by atoms with Crippen molar-refractivity contribution in [3.05, 3.63) is 0 Å². The molecule has 4 nitrogen and oxygen atoms in total. The minimum Gasteiger partial charge on any atom is -0.465 e. The topological polar surface area (TPSA) is 52.6 Å². The molecule has 0 aromatic rings. The van der Waals surface area contributed by atoms with E-state index in [0.717, 1.165) is 44.9 Å². The summed E-state index contributed by atoms with van der Waals surface area (Å²) in [6.07, 6.45) is 43.2. The zero-order valence-corrected chi connectivity index (χ0v) is 33.2. The van der Waals surface area contributed by atoms with Crippen molar-refractivity contribution in [1.29, 1.82) is 0 Å². The van der Waals surface area contributed by atoms with Gasteiger partial charge in [-0.2, -0.15) is 0 Å². The lowest BCUT2D eigenvalue weighted by molar-refractivity contribution is -0.156. The first-order valence-corrected chi connectivity index (χ1v) is 21.9. The summed E-state index contributed by atoms with van der Waals surface area (Å²) < 4.78 is 11.6. The highest BCUT2D eigenvalue weighted by Crippen LogP contribution is 2.21. The Morgan fingerprint density at radius 1 is 0.396 bits per heavy atom. The molecule has 0 aromatic carbocycles. The number of esters is 2. The molecule has 0 amide bonds. The van der Waals surface area contributed by atoms with Gasteiger partial charge in [0.05, 0.1) is 6.61 Å². The van der Waals surface area contributed by atoms with E-state index in [9.17, 15) is 9.59 Å². The number of carbonyl (C=O) groups excluding carboxylic acids is 2. The third-order valence-electron chi connectivity index (χ3n) is 10.3. The molecule has 0 aliphatic carbocycles. The fraction of sp³-hybridized carbons (Fsp3) is 0.955. The molecule has 0 saturated heterocycles. The highest BCUT2D eigenvalue weighted by Gasteiger charge is 2.24. The summed E-state index contributed by atoms with van der Waals surface area (Å²) in [5.41, 5.74) is 0. The van der Waals surface area contributed by atoms with Crippen LogP contribution in [0, 0.1) is 5.92 Å². The van der Waals surface area contributed by atoms with Crippen LogP contribution >= 0.6 is 0 Å². The van der Waals surface area contributed by atoms with E-state index in [2.05, 4.69) is 27.7 Å².